The molecule has 2 aromatic rings. The standard InChI is InChI=1S/C18H25N3O2.HI/c1-3-19-18(21-12-10-16-8-5-13-23-16)20-11-9-15-6-4-7-17(14-15)22-2;/h4-8,13-14H,3,9-12H2,1-2H3,(H2,19,20,21);1H. The average Bonchev–Trinajstić information content (AvgIpc) is 3.08. The van der Waals surface area contributed by atoms with Gasteiger partial charge < -0.3 is 19.8 Å². The molecule has 2 rings (SSSR count). The minimum atomic E-state index is 0. The summed E-state index contributed by atoms with van der Waals surface area (Å²) >= 11 is 0. The summed E-state index contributed by atoms with van der Waals surface area (Å²) < 4.78 is 10.6. The van der Waals surface area contributed by atoms with Gasteiger partial charge in [-0.15, -0.1) is 24.0 Å². The van der Waals surface area contributed by atoms with Crippen LogP contribution < -0.4 is 15.4 Å². The lowest BCUT2D eigenvalue weighted by atomic mass is 10.1. The summed E-state index contributed by atoms with van der Waals surface area (Å²) in [5, 5.41) is 6.61. The molecule has 1 aromatic carbocycles. The van der Waals surface area contributed by atoms with Crippen molar-refractivity contribution in [1.82, 2.24) is 10.6 Å². The largest absolute Gasteiger partial charge is 0.497 e. The van der Waals surface area contributed by atoms with Crippen LogP contribution in [0.1, 0.15) is 18.2 Å². The number of methoxy groups -OCH3 is 1. The van der Waals surface area contributed by atoms with Crippen molar-refractivity contribution in [3.8, 4) is 5.75 Å². The normalized spacial score (nSPS) is 10.8. The Morgan fingerprint density at radius 3 is 2.75 bits per heavy atom. The zero-order valence-corrected chi connectivity index (χ0v) is 16.6. The first-order valence-electron chi connectivity index (χ1n) is 7.99. The van der Waals surface area contributed by atoms with Crippen LogP contribution >= 0.6 is 24.0 Å². The number of benzene rings is 1. The van der Waals surface area contributed by atoms with Crippen LogP contribution in [0.4, 0.5) is 0 Å². The highest BCUT2D eigenvalue weighted by Crippen LogP contribution is 2.12. The summed E-state index contributed by atoms with van der Waals surface area (Å²) in [6, 6.07) is 12.0. The van der Waals surface area contributed by atoms with Crippen molar-refractivity contribution in [1.29, 1.82) is 0 Å². The molecule has 0 aliphatic heterocycles. The molecule has 0 bridgehead atoms. The maximum absolute atomic E-state index is 5.31. The Hall–Kier alpha value is -1.70. The van der Waals surface area contributed by atoms with Gasteiger partial charge in [0, 0.05) is 26.1 Å². The van der Waals surface area contributed by atoms with Gasteiger partial charge >= 0.3 is 0 Å². The maximum Gasteiger partial charge on any atom is 0.191 e. The van der Waals surface area contributed by atoms with Crippen molar-refractivity contribution >= 4 is 29.9 Å². The Morgan fingerprint density at radius 2 is 2.04 bits per heavy atom. The molecular weight excluding hydrogens is 417 g/mol. The van der Waals surface area contributed by atoms with Gasteiger partial charge in [-0.05, 0) is 43.2 Å². The van der Waals surface area contributed by atoms with Gasteiger partial charge in [-0.3, -0.25) is 4.99 Å². The molecule has 0 amide bonds. The van der Waals surface area contributed by atoms with E-state index in [2.05, 4.69) is 34.7 Å². The van der Waals surface area contributed by atoms with Crippen molar-refractivity contribution in [2.24, 2.45) is 4.99 Å². The zero-order valence-electron chi connectivity index (χ0n) is 14.2. The van der Waals surface area contributed by atoms with Gasteiger partial charge in [0.2, 0.25) is 0 Å². The lowest BCUT2D eigenvalue weighted by Gasteiger charge is -2.11. The van der Waals surface area contributed by atoms with Crippen molar-refractivity contribution in [2.75, 3.05) is 26.7 Å². The molecule has 1 aromatic heterocycles. The first kappa shape index (κ1) is 20.3. The van der Waals surface area contributed by atoms with Crippen LogP contribution in [-0.2, 0) is 12.8 Å². The highest BCUT2D eigenvalue weighted by Gasteiger charge is 2.00. The first-order valence-corrected chi connectivity index (χ1v) is 7.99. The highest BCUT2D eigenvalue weighted by molar-refractivity contribution is 14.0. The molecule has 0 radical (unpaired) electrons. The van der Waals surface area contributed by atoms with Gasteiger partial charge in [0.15, 0.2) is 5.96 Å². The molecule has 0 aliphatic carbocycles. The van der Waals surface area contributed by atoms with E-state index in [9.17, 15) is 0 Å². The number of ether oxygens (including phenoxy) is 1. The molecule has 5 nitrogen and oxygen atoms in total. The lowest BCUT2D eigenvalue weighted by Crippen LogP contribution is -2.38. The Bertz CT molecular complexity index is 600. The summed E-state index contributed by atoms with van der Waals surface area (Å²) in [5.74, 6) is 2.68. The number of rotatable bonds is 8. The SMILES string of the molecule is CCNC(=NCCc1ccco1)NCCc1cccc(OC)c1.I. The third-order valence-electron chi connectivity index (χ3n) is 3.39. The molecule has 0 unspecified atom stereocenters. The molecule has 6 heteroatoms. The number of nitrogens with zero attached hydrogens (tertiary/aromatic N) is 1. The maximum atomic E-state index is 5.31. The Morgan fingerprint density at radius 1 is 1.17 bits per heavy atom. The molecule has 2 N–H and O–H groups in total. The molecule has 1 heterocycles. The van der Waals surface area contributed by atoms with E-state index >= 15 is 0 Å². The van der Waals surface area contributed by atoms with Crippen molar-refractivity contribution < 1.29 is 9.15 Å². The number of halogens is 1. The minimum absolute atomic E-state index is 0. The fraction of sp³-hybridized carbons (Fsp3) is 0.389. The summed E-state index contributed by atoms with van der Waals surface area (Å²) in [6.45, 7) is 4.42. The van der Waals surface area contributed by atoms with Crippen LogP contribution in [0.25, 0.3) is 0 Å². The third-order valence-corrected chi connectivity index (χ3v) is 3.39. The number of nitrogens with one attached hydrogen (secondary N) is 2. The minimum Gasteiger partial charge on any atom is -0.497 e. The Kier molecular flexibility index (Phi) is 9.98. The van der Waals surface area contributed by atoms with E-state index in [4.69, 9.17) is 9.15 Å². The lowest BCUT2D eigenvalue weighted by molar-refractivity contribution is 0.414. The van der Waals surface area contributed by atoms with E-state index < -0.39 is 0 Å². The number of furan rings is 1. The van der Waals surface area contributed by atoms with E-state index in [0.29, 0.717) is 6.54 Å². The number of aliphatic imine (C=N–C) groups is 1. The molecule has 0 saturated carbocycles. The van der Waals surface area contributed by atoms with Gasteiger partial charge in [0.25, 0.3) is 0 Å². The van der Waals surface area contributed by atoms with Crippen molar-refractivity contribution in [3.05, 3.63) is 54.0 Å². The average molecular weight is 443 g/mol. The zero-order chi connectivity index (χ0) is 16.3. The van der Waals surface area contributed by atoms with Gasteiger partial charge in [-0.25, -0.2) is 0 Å². The van der Waals surface area contributed by atoms with Crippen LogP contribution in [0.3, 0.4) is 0 Å². The van der Waals surface area contributed by atoms with E-state index in [1.54, 1.807) is 13.4 Å². The van der Waals surface area contributed by atoms with Crippen LogP contribution in [0.5, 0.6) is 5.75 Å². The second kappa shape index (κ2) is 11.8. The smallest absolute Gasteiger partial charge is 0.191 e. The van der Waals surface area contributed by atoms with Crippen LogP contribution in [0.15, 0.2) is 52.1 Å². The van der Waals surface area contributed by atoms with Gasteiger partial charge in [0.1, 0.15) is 11.5 Å². The fourth-order valence-electron chi connectivity index (χ4n) is 2.23. The molecule has 0 spiro atoms. The predicted molar refractivity (Wildman–Crippen MR) is 109 cm³/mol. The second-order valence-electron chi connectivity index (χ2n) is 5.12. The summed E-state index contributed by atoms with van der Waals surface area (Å²) in [4.78, 5) is 4.56. The van der Waals surface area contributed by atoms with Crippen molar-refractivity contribution in [3.63, 3.8) is 0 Å². The van der Waals surface area contributed by atoms with Crippen LogP contribution in [0.2, 0.25) is 0 Å². The molecule has 0 fully saturated rings. The van der Waals surface area contributed by atoms with E-state index in [0.717, 1.165) is 43.4 Å². The molecule has 0 saturated heterocycles. The third kappa shape index (κ3) is 7.25. The van der Waals surface area contributed by atoms with E-state index in [1.165, 1.54) is 5.56 Å². The van der Waals surface area contributed by atoms with Gasteiger partial charge in [-0.1, -0.05) is 12.1 Å². The van der Waals surface area contributed by atoms with E-state index in [1.807, 2.05) is 24.3 Å². The summed E-state index contributed by atoms with van der Waals surface area (Å²) in [5.41, 5.74) is 1.24. The van der Waals surface area contributed by atoms with Crippen LogP contribution in [-0.4, -0.2) is 32.7 Å². The van der Waals surface area contributed by atoms with E-state index in [-0.39, 0.29) is 24.0 Å². The molecule has 132 valence electrons. The Labute approximate surface area is 160 Å². The molecule has 0 aliphatic rings. The van der Waals surface area contributed by atoms with Crippen molar-refractivity contribution in [2.45, 2.75) is 19.8 Å². The summed E-state index contributed by atoms with van der Waals surface area (Å²) in [6.07, 6.45) is 3.41. The Balaban J connectivity index is 0.00000288. The quantitative estimate of drug-likeness (QED) is 0.374. The van der Waals surface area contributed by atoms with Gasteiger partial charge in [-0.2, -0.15) is 0 Å². The highest BCUT2D eigenvalue weighted by atomic mass is 127. The monoisotopic (exact) mass is 443 g/mol. The molecule has 0 atom stereocenters. The topological polar surface area (TPSA) is 58.8 Å². The molecule has 24 heavy (non-hydrogen) atoms. The number of hydrogen-bond donors (Lipinski definition) is 2. The molecular formula is C18H26IN3O2. The number of hydrogen-bond acceptors (Lipinski definition) is 3. The van der Waals surface area contributed by atoms with Crippen LogP contribution in [0, 0.1) is 0 Å². The predicted octanol–water partition coefficient (Wildman–Crippen LogP) is 3.25. The second-order valence-corrected chi connectivity index (χ2v) is 5.12. The fourth-order valence-corrected chi connectivity index (χ4v) is 2.23. The summed E-state index contributed by atoms with van der Waals surface area (Å²) in [7, 11) is 1.69. The van der Waals surface area contributed by atoms with Gasteiger partial charge in [0.05, 0.1) is 13.4 Å². The first-order chi connectivity index (χ1) is 11.3. The number of guanidine groups is 1.